The Balaban J connectivity index is 1.55. The summed E-state index contributed by atoms with van der Waals surface area (Å²) in [6, 6.07) is 8.35. The van der Waals surface area contributed by atoms with Crippen LogP contribution in [0.2, 0.25) is 0 Å². The van der Waals surface area contributed by atoms with Gasteiger partial charge in [0.25, 0.3) is 0 Å². The number of methoxy groups -OCH3 is 1. The Morgan fingerprint density at radius 2 is 2.03 bits per heavy atom. The highest BCUT2D eigenvalue weighted by atomic mass is 16.5. The van der Waals surface area contributed by atoms with Crippen LogP contribution >= 0.6 is 0 Å². The van der Waals surface area contributed by atoms with E-state index in [0.29, 0.717) is 26.1 Å². The summed E-state index contributed by atoms with van der Waals surface area (Å²) in [5.41, 5.74) is 1.39. The highest BCUT2D eigenvalue weighted by Crippen LogP contribution is 2.40. The number of hydrogen-bond donors (Lipinski definition) is 4. The predicted molar refractivity (Wildman–Crippen MR) is 136 cm³/mol. The number of fused-ring (bicyclic) bond motifs is 1. The van der Waals surface area contributed by atoms with Crippen molar-refractivity contribution in [3.8, 4) is 0 Å². The van der Waals surface area contributed by atoms with Gasteiger partial charge in [-0.3, -0.25) is 9.59 Å². The first-order chi connectivity index (χ1) is 16.9. The molecule has 1 saturated heterocycles. The molecule has 192 valence electrons. The molecule has 0 spiro atoms. The number of aliphatic hydroxyl groups excluding tert-OH is 1. The molecule has 35 heavy (non-hydrogen) atoms. The third-order valence-electron chi connectivity index (χ3n) is 7.38. The van der Waals surface area contributed by atoms with Gasteiger partial charge in [0.05, 0.1) is 24.0 Å². The molecule has 2 amide bonds. The molecule has 2 aromatic rings. The van der Waals surface area contributed by atoms with E-state index in [2.05, 4.69) is 38.8 Å². The number of hydrogen-bond acceptors (Lipinski definition) is 5. The number of piperidine rings is 1. The standard InChI is InChI=1S/C27H40N4O4/c1-27(2,17-32)26(34)30-19-13-18(14-28-15-19)25(33)31(20-10-11-20)24(9-6-12-35-3)22-16-29-23-8-5-4-7-21(22)23/h4-5,7-8,16,18-20,24,28-29,32H,6,9-15,17H2,1-3H3,(H,30,34)/t18-,19-,24?/m0/s1. The van der Waals surface area contributed by atoms with E-state index >= 15 is 0 Å². The zero-order chi connectivity index (χ0) is 25.0. The minimum atomic E-state index is -0.848. The van der Waals surface area contributed by atoms with Crippen molar-refractivity contribution >= 4 is 22.7 Å². The van der Waals surface area contributed by atoms with Crippen molar-refractivity contribution in [3.05, 3.63) is 36.0 Å². The molecule has 1 aliphatic carbocycles. The zero-order valence-electron chi connectivity index (χ0n) is 21.2. The van der Waals surface area contributed by atoms with Gasteiger partial charge < -0.3 is 30.4 Å². The number of carbonyl (C=O) groups is 2. The largest absolute Gasteiger partial charge is 0.395 e. The highest BCUT2D eigenvalue weighted by Gasteiger charge is 2.42. The fourth-order valence-corrected chi connectivity index (χ4v) is 5.08. The van der Waals surface area contributed by atoms with Crippen LogP contribution in [0.25, 0.3) is 10.9 Å². The fourth-order valence-electron chi connectivity index (χ4n) is 5.08. The Kier molecular flexibility index (Phi) is 8.14. The summed E-state index contributed by atoms with van der Waals surface area (Å²) in [5, 5.41) is 17.1. The molecule has 1 aromatic heterocycles. The van der Waals surface area contributed by atoms with E-state index < -0.39 is 5.41 Å². The number of amides is 2. The number of aromatic amines is 1. The van der Waals surface area contributed by atoms with Crippen molar-refractivity contribution in [3.63, 3.8) is 0 Å². The van der Waals surface area contributed by atoms with Crippen LogP contribution < -0.4 is 10.6 Å². The number of benzene rings is 1. The molecule has 1 unspecified atom stereocenters. The molecule has 8 heteroatoms. The minimum absolute atomic E-state index is 0.0235. The van der Waals surface area contributed by atoms with Crippen LogP contribution in [0.5, 0.6) is 0 Å². The summed E-state index contributed by atoms with van der Waals surface area (Å²) < 4.78 is 5.34. The summed E-state index contributed by atoms with van der Waals surface area (Å²) in [6.45, 7) is 5.12. The first kappa shape index (κ1) is 25.7. The van der Waals surface area contributed by atoms with Gasteiger partial charge in [0, 0.05) is 56.0 Å². The van der Waals surface area contributed by atoms with Crippen molar-refractivity contribution in [2.24, 2.45) is 11.3 Å². The summed E-state index contributed by atoms with van der Waals surface area (Å²) in [4.78, 5) is 32.2. The van der Waals surface area contributed by atoms with Crippen LogP contribution in [-0.4, -0.2) is 72.3 Å². The lowest BCUT2D eigenvalue weighted by atomic mass is 9.89. The molecule has 0 bridgehead atoms. The Bertz CT molecular complexity index is 1020. The maximum absolute atomic E-state index is 14.1. The first-order valence-corrected chi connectivity index (χ1v) is 12.9. The molecule has 8 nitrogen and oxygen atoms in total. The van der Waals surface area contributed by atoms with E-state index in [4.69, 9.17) is 4.74 Å². The van der Waals surface area contributed by atoms with Crippen LogP contribution in [0.4, 0.5) is 0 Å². The zero-order valence-corrected chi connectivity index (χ0v) is 21.2. The van der Waals surface area contributed by atoms with Crippen molar-refractivity contribution in [2.45, 2.75) is 64.1 Å². The number of carbonyl (C=O) groups excluding carboxylic acids is 2. The van der Waals surface area contributed by atoms with Crippen LogP contribution in [0.1, 0.15) is 57.6 Å². The second-order valence-corrected chi connectivity index (χ2v) is 10.7. The van der Waals surface area contributed by atoms with Gasteiger partial charge in [0.2, 0.25) is 11.8 Å². The lowest BCUT2D eigenvalue weighted by Gasteiger charge is -2.38. The number of H-pyrrole nitrogens is 1. The van der Waals surface area contributed by atoms with Gasteiger partial charge in [-0.2, -0.15) is 0 Å². The molecular weight excluding hydrogens is 444 g/mol. The van der Waals surface area contributed by atoms with Crippen molar-refractivity contribution in [2.75, 3.05) is 33.4 Å². The molecule has 1 aromatic carbocycles. The molecule has 2 aliphatic rings. The first-order valence-electron chi connectivity index (χ1n) is 12.9. The molecule has 3 atom stereocenters. The van der Waals surface area contributed by atoms with Gasteiger partial charge >= 0.3 is 0 Å². The van der Waals surface area contributed by atoms with E-state index in [9.17, 15) is 14.7 Å². The number of rotatable bonds is 11. The lowest BCUT2D eigenvalue weighted by Crippen LogP contribution is -2.55. The summed E-state index contributed by atoms with van der Waals surface area (Å²) in [5.74, 6) is -0.231. The van der Waals surface area contributed by atoms with Crippen LogP contribution in [-0.2, 0) is 14.3 Å². The van der Waals surface area contributed by atoms with Crippen molar-refractivity contribution in [1.29, 1.82) is 0 Å². The van der Waals surface area contributed by atoms with Gasteiger partial charge in [-0.1, -0.05) is 18.2 Å². The summed E-state index contributed by atoms with van der Waals surface area (Å²) in [6.07, 6.45) is 6.42. The average Bonchev–Trinajstić information content (AvgIpc) is 3.61. The number of aromatic nitrogens is 1. The topological polar surface area (TPSA) is 107 Å². The van der Waals surface area contributed by atoms with Gasteiger partial charge in [0.15, 0.2) is 0 Å². The van der Waals surface area contributed by atoms with E-state index in [1.165, 1.54) is 0 Å². The molecule has 1 aliphatic heterocycles. The Hall–Kier alpha value is -2.42. The average molecular weight is 485 g/mol. The normalized spacial score (nSPS) is 21.6. The molecule has 2 fully saturated rings. The van der Waals surface area contributed by atoms with Gasteiger partial charge in [-0.15, -0.1) is 0 Å². The van der Waals surface area contributed by atoms with Crippen LogP contribution in [0, 0.1) is 11.3 Å². The van der Waals surface area contributed by atoms with E-state index in [1.807, 2.05) is 12.1 Å². The Morgan fingerprint density at radius 3 is 2.74 bits per heavy atom. The smallest absolute Gasteiger partial charge is 0.228 e. The molecule has 4 rings (SSSR count). The van der Waals surface area contributed by atoms with Crippen molar-refractivity contribution in [1.82, 2.24) is 20.5 Å². The quantitative estimate of drug-likeness (QED) is 0.367. The number of nitrogens with one attached hydrogen (secondary N) is 3. The number of ether oxygens (including phenoxy) is 1. The fraction of sp³-hybridized carbons (Fsp3) is 0.630. The van der Waals surface area contributed by atoms with Gasteiger partial charge in [-0.05, 0) is 57.6 Å². The summed E-state index contributed by atoms with van der Waals surface area (Å²) >= 11 is 0. The molecule has 1 saturated carbocycles. The maximum atomic E-state index is 14.1. The van der Waals surface area contributed by atoms with Gasteiger partial charge in [-0.25, -0.2) is 0 Å². The maximum Gasteiger partial charge on any atom is 0.228 e. The monoisotopic (exact) mass is 484 g/mol. The van der Waals surface area contributed by atoms with E-state index in [0.717, 1.165) is 42.1 Å². The molecular formula is C27H40N4O4. The Morgan fingerprint density at radius 1 is 1.26 bits per heavy atom. The predicted octanol–water partition coefficient (Wildman–Crippen LogP) is 2.74. The second kappa shape index (κ2) is 11.1. The number of aliphatic hydroxyl groups is 1. The number of para-hydroxylation sites is 1. The van der Waals surface area contributed by atoms with Crippen LogP contribution in [0.3, 0.4) is 0 Å². The third kappa shape index (κ3) is 5.88. The SMILES string of the molecule is COCCCC(c1c[nH]c2ccccc12)N(C(=O)[C@@H]1CNC[C@@H](NC(=O)C(C)(C)CO)C1)C1CC1. The molecule has 2 heterocycles. The van der Waals surface area contributed by atoms with E-state index in [-0.39, 0.29) is 42.5 Å². The lowest BCUT2D eigenvalue weighted by molar-refractivity contribution is -0.141. The van der Waals surface area contributed by atoms with E-state index in [1.54, 1.807) is 21.0 Å². The van der Waals surface area contributed by atoms with Crippen LogP contribution in [0.15, 0.2) is 30.5 Å². The van der Waals surface area contributed by atoms with Crippen molar-refractivity contribution < 1.29 is 19.4 Å². The number of nitrogens with zero attached hydrogens (tertiary/aromatic N) is 1. The highest BCUT2D eigenvalue weighted by molar-refractivity contribution is 5.86. The van der Waals surface area contributed by atoms with Gasteiger partial charge in [0.1, 0.15) is 0 Å². The molecule has 0 radical (unpaired) electrons. The second-order valence-electron chi connectivity index (χ2n) is 10.7. The minimum Gasteiger partial charge on any atom is -0.395 e. The third-order valence-corrected chi connectivity index (χ3v) is 7.38. The Labute approximate surface area is 207 Å². The molecule has 4 N–H and O–H groups in total. The summed E-state index contributed by atoms with van der Waals surface area (Å²) in [7, 11) is 1.71.